The fraction of sp³-hybridized carbons (Fsp3) is 0.500. The summed E-state index contributed by atoms with van der Waals surface area (Å²) in [6.45, 7) is 3.59. The number of nitrogen functional groups attached to an aromatic ring is 1. The van der Waals surface area contributed by atoms with Crippen molar-refractivity contribution in [3.05, 3.63) is 24.0 Å². The molecular weight excluding hydrogens is 202 g/mol. The standard InChI is InChI=1S/C12H17N3O/c1-2-15(8-9-3-4-9)12(16)10-5-6-14-7-11(10)13/h5-7,9H,2-4,8,13H2,1H3. The fourth-order valence-corrected chi connectivity index (χ4v) is 1.74. The highest BCUT2D eigenvalue weighted by Gasteiger charge is 2.26. The third-order valence-electron chi connectivity index (χ3n) is 2.93. The first-order chi connectivity index (χ1) is 7.72. The van der Waals surface area contributed by atoms with Crippen LogP contribution in [-0.2, 0) is 0 Å². The molecule has 1 aliphatic carbocycles. The minimum absolute atomic E-state index is 0.0225. The quantitative estimate of drug-likeness (QED) is 0.835. The van der Waals surface area contributed by atoms with Gasteiger partial charge >= 0.3 is 0 Å². The zero-order valence-electron chi connectivity index (χ0n) is 9.52. The summed E-state index contributed by atoms with van der Waals surface area (Å²) in [7, 11) is 0. The van der Waals surface area contributed by atoms with Crippen LogP contribution >= 0.6 is 0 Å². The number of aromatic nitrogens is 1. The molecule has 1 saturated carbocycles. The number of rotatable bonds is 4. The summed E-state index contributed by atoms with van der Waals surface area (Å²) in [5, 5.41) is 0. The van der Waals surface area contributed by atoms with Gasteiger partial charge in [0.25, 0.3) is 5.91 Å². The van der Waals surface area contributed by atoms with Crippen molar-refractivity contribution in [3.8, 4) is 0 Å². The molecule has 0 saturated heterocycles. The van der Waals surface area contributed by atoms with Crippen LogP contribution in [0, 0.1) is 5.92 Å². The van der Waals surface area contributed by atoms with Crippen molar-refractivity contribution < 1.29 is 4.79 Å². The molecule has 0 unspecified atom stereocenters. The van der Waals surface area contributed by atoms with E-state index >= 15 is 0 Å². The Kier molecular flexibility index (Phi) is 3.08. The number of hydrogen-bond acceptors (Lipinski definition) is 3. The predicted molar refractivity (Wildman–Crippen MR) is 63.0 cm³/mol. The number of anilines is 1. The number of hydrogen-bond donors (Lipinski definition) is 1. The number of carbonyl (C=O) groups excluding carboxylic acids is 1. The van der Waals surface area contributed by atoms with Gasteiger partial charge in [-0.15, -0.1) is 0 Å². The van der Waals surface area contributed by atoms with Crippen molar-refractivity contribution in [3.63, 3.8) is 0 Å². The lowest BCUT2D eigenvalue weighted by Gasteiger charge is -2.21. The van der Waals surface area contributed by atoms with Crippen molar-refractivity contribution in [2.24, 2.45) is 5.92 Å². The van der Waals surface area contributed by atoms with Gasteiger partial charge in [-0.2, -0.15) is 0 Å². The Balaban J connectivity index is 2.12. The molecule has 1 aromatic heterocycles. The molecule has 0 aliphatic heterocycles. The average molecular weight is 219 g/mol. The maximum atomic E-state index is 12.2. The van der Waals surface area contributed by atoms with Crippen molar-refractivity contribution in [2.45, 2.75) is 19.8 Å². The van der Waals surface area contributed by atoms with Crippen molar-refractivity contribution in [2.75, 3.05) is 18.8 Å². The lowest BCUT2D eigenvalue weighted by Crippen LogP contribution is -2.33. The molecule has 16 heavy (non-hydrogen) atoms. The summed E-state index contributed by atoms with van der Waals surface area (Å²) in [4.78, 5) is 17.9. The molecule has 4 nitrogen and oxygen atoms in total. The third-order valence-corrected chi connectivity index (χ3v) is 2.93. The highest BCUT2D eigenvalue weighted by molar-refractivity contribution is 5.98. The van der Waals surface area contributed by atoms with Crippen molar-refractivity contribution >= 4 is 11.6 Å². The molecule has 2 rings (SSSR count). The van der Waals surface area contributed by atoms with Gasteiger partial charge < -0.3 is 10.6 Å². The maximum absolute atomic E-state index is 12.2. The Morgan fingerprint density at radius 1 is 1.62 bits per heavy atom. The molecule has 0 radical (unpaired) electrons. The van der Waals surface area contributed by atoms with Gasteiger partial charge in [-0.1, -0.05) is 0 Å². The molecule has 1 amide bonds. The number of carbonyl (C=O) groups is 1. The molecule has 0 bridgehead atoms. The van der Waals surface area contributed by atoms with Crippen LogP contribution < -0.4 is 5.73 Å². The smallest absolute Gasteiger partial charge is 0.256 e. The van der Waals surface area contributed by atoms with Crippen LogP contribution in [0.5, 0.6) is 0 Å². The van der Waals surface area contributed by atoms with Crippen LogP contribution in [0.15, 0.2) is 18.5 Å². The van der Waals surface area contributed by atoms with Gasteiger partial charge in [-0.3, -0.25) is 9.78 Å². The molecule has 1 fully saturated rings. The van der Waals surface area contributed by atoms with Gasteiger partial charge in [0.05, 0.1) is 17.4 Å². The molecule has 86 valence electrons. The number of amides is 1. The molecule has 1 aromatic rings. The summed E-state index contributed by atoms with van der Waals surface area (Å²) >= 11 is 0. The van der Waals surface area contributed by atoms with Crippen LogP contribution in [0.25, 0.3) is 0 Å². The Morgan fingerprint density at radius 2 is 2.38 bits per heavy atom. The lowest BCUT2D eigenvalue weighted by molar-refractivity contribution is 0.0758. The van der Waals surface area contributed by atoms with E-state index < -0.39 is 0 Å². The van der Waals surface area contributed by atoms with Gasteiger partial charge in [0.15, 0.2) is 0 Å². The first kappa shape index (κ1) is 10.9. The van der Waals surface area contributed by atoms with E-state index in [1.54, 1.807) is 12.3 Å². The zero-order valence-corrected chi connectivity index (χ0v) is 9.52. The first-order valence-electron chi connectivity index (χ1n) is 5.71. The van der Waals surface area contributed by atoms with E-state index in [9.17, 15) is 4.79 Å². The summed E-state index contributed by atoms with van der Waals surface area (Å²) in [6, 6.07) is 1.69. The minimum atomic E-state index is 0.0225. The van der Waals surface area contributed by atoms with Crippen molar-refractivity contribution in [1.82, 2.24) is 9.88 Å². The average Bonchev–Trinajstić information content (AvgIpc) is 3.09. The molecule has 2 N–H and O–H groups in total. The van der Waals surface area contributed by atoms with Gasteiger partial charge in [-0.25, -0.2) is 0 Å². The summed E-state index contributed by atoms with van der Waals surface area (Å²) < 4.78 is 0. The molecule has 0 aromatic carbocycles. The normalized spacial score (nSPS) is 14.8. The van der Waals surface area contributed by atoms with E-state index in [2.05, 4.69) is 4.98 Å². The van der Waals surface area contributed by atoms with Crippen LogP contribution in [0.2, 0.25) is 0 Å². The molecule has 0 spiro atoms. The molecule has 1 aliphatic rings. The monoisotopic (exact) mass is 219 g/mol. The van der Waals surface area contributed by atoms with E-state index in [0.717, 1.165) is 13.1 Å². The highest BCUT2D eigenvalue weighted by Crippen LogP contribution is 2.30. The van der Waals surface area contributed by atoms with Crippen LogP contribution in [0.4, 0.5) is 5.69 Å². The van der Waals surface area contributed by atoms with Crippen LogP contribution in [0.3, 0.4) is 0 Å². The zero-order chi connectivity index (χ0) is 11.5. The maximum Gasteiger partial charge on any atom is 0.256 e. The van der Waals surface area contributed by atoms with Gasteiger partial charge in [-0.05, 0) is 31.7 Å². The van der Waals surface area contributed by atoms with Crippen LogP contribution in [-0.4, -0.2) is 28.9 Å². The second-order valence-electron chi connectivity index (χ2n) is 4.25. The fourth-order valence-electron chi connectivity index (χ4n) is 1.74. The largest absolute Gasteiger partial charge is 0.397 e. The SMILES string of the molecule is CCN(CC1CC1)C(=O)c1ccncc1N. The number of pyridine rings is 1. The van der Waals surface area contributed by atoms with E-state index in [0.29, 0.717) is 17.2 Å². The number of nitrogens with zero attached hydrogens (tertiary/aromatic N) is 2. The molecule has 0 atom stereocenters. The van der Waals surface area contributed by atoms with Crippen molar-refractivity contribution in [1.29, 1.82) is 0 Å². The molecule has 4 heteroatoms. The topological polar surface area (TPSA) is 59.2 Å². The van der Waals surface area contributed by atoms with E-state index in [1.807, 2.05) is 11.8 Å². The Bertz CT molecular complexity index is 388. The van der Waals surface area contributed by atoms with Crippen LogP contribution in [0.1, 0.15) is 30.1 Å². The summed E-state index contributed by atoms with van der Waals surface area (Å²) in [6.07, 6.45) is 5.62. The number of nitrogens with two attached hydrogens (primary N) is 1. The van der Waals surface area contributed by atoms with Gasteiger partial charge in [0.2, 0.25) is 0 Å². The lowest BCUT2D eigenvalue weighted by atomic mass is 10.2. The van der Waals surface area contributed by atoms with E-state index in [-0.39, 0.29) is 5.91 Å². The minimum Gasteiger partial charge on any atom is -0.397 e. The predicted octanol–water partition coefficient (Wildman–Crippen LogP) is 1.54. The Morgan fingerprint density at radius 3 is 2.94 bits per heavy atom. The highest BCUT2D eigenvalue weighted by atomic mass is 16.2. The second-order valence-corrected chi connectivity index (χ2v) is 4.25. The van der Waals surface area contributed by atoms with E-state index in [1.165, 1.54) is 19.0 Å². The van der Waals surface area contributed by atoms with E-state index in [4.69, 9.17) is 5.73 Å². The molecule has 1 heterocycles. The van der Waals surface area contributed by atoms with Gasteiger partial charge in [0.1, 0.15) is 0 Å². The summed E-state index contributed by atoms with van der Waals surface area (Å²) in [5.74, 6) is 0.723. The summed E-state index contributed by atoms with van der Waals surface area (Å²) in [5.41, 5.74) is 6.78. The van der Waals surface area contributed by atoms with Gasteiger partial charge in [0, 0.05) is 19.3 Å². The Labute approximate surface area is 95.5 Å². The molecular formula is C12H17N3O. The second kappa shape index (κ2) is 4.51. The third kappa shape index (κ3) is 2.32. The Hall–Kier alpha value is -1.58. The first-order valence-corrected chi connectivity index (χ1v) is 5.71.